The van der Waals surface area contributed by atoms with Gasteiger partial charge in [0.05, 0.1) is 18.6 Å². The number of rotatable bonds is 8. The van der Waals surface area contributed by atoms with E-state index in [1.807, 2.05) is 88.8 Å². The number of para-hydroxylation sites is 1. The highest BCUT2D eigenvalue weighted by Gasteiger charge is 2.18. The summed E-state index contributed by atoms with van der Waals surface area (Å²) in [6.45, 7) is 0. The number of benzene rings is 3. The quantitative estimate of drug-likeness (QED) is 0.231. The Morgan fingerprint density at radius 2 is 1.72 bits per heavy atom. The first-order valence-corrected chi connectivity index (χ1v) is 13.1. The number of thiazole rings is 1. The molecule has 180 valence electrons. The van der Waals surface area contributed by atoms with Crippen molar-refractivity contribution < 1.29 is 9.53 Å². The first-order valence-electron chi connectivity index (χ1n) is 10.9. The summed E-state index contributed by atoms with van der Waals surface area (Å²) in [5, 5.41) is 15.4. The Balaban J connectivity index is 1.30. The van der Waals surface area contributed by atoms with Crippen LogP contribution in [0.5, 0.6) is 5.75 Å². The number of anilines is 1. The topological polar surface area (TPSA) is 81.9 Å². The summed E-state index contributed by atoms with van der Waals surface area (Å²) >= 11 is 8.75. The van der Waals surface area contributed by atoms with Crippen LogP contribution in [-0.4, -0.2) is 38.5 Å². The summed E-state index contributed by atoms with van der Waals surface area (Å²) < 4.78 is 7.14. The number of halogens is 1. The second kappa shape index (κ2) is 10.9. The molecule has 0 unspecified atom stereocenters. The molecule has 5 aromatic rings. The third-order valence-electron chi connectivity index (χ3n) is 5.22. The van der Waals surface area contributed by atoms with Crippen LogP contribution in [0.15, 0.2) is 89.4 Å². The van der Waals surface area contributed by atoms with Crippen molar-refractivity contribution in [2.24, 2.45) is 0 Å². The van der Waals surface area contributed by atoms with Gasteiger partial charge in [0.15, 0.2) is 16.1 Å². The van der Waals surface area contributed by atoms with Crippen molar-refractivity contribution in [3.8, 4) is 34.1 Å². The van der Waals surface area contributed by atoms with E-state index in [0.717, 1.165) is 28.3 Å². The van der Waals surface area contributed by atoms with Crippen LogP contribution in [0.1, 0.15) is 0 Å². The standard InChI is InChI=1S/C26H20ClN5O2S2/c1-34-21-13-9-17(10-14-21)22-15-35-25(28-22)29-23(33)16-36-26-31-30-24(18-7-11-19(27)12-8-18)32(26)20-5-3-2-4-6-20/h2-15H,16H2,1H3,(H,28,29,33). The van der Waals surface area contributed by atoms with Gasteiger partial charge in [0.1, 0.15) is 5.75 Å². The predicted molar refractivity (Wildman–Crippen MR) is 145 cm³/mol. The molecule has 0 aliphatic carbocycles. The van der Waals surface area contributed by atoms with Gasteiger partial charge in [-0.1, -0.05) is 41.6 Å². The number of thioether (sulfide) groups is 1. The molecular formula is C26H20ClN5O2S2. The zero-order chi connectivity index (χ0) is 24.9. The Morgan fingerprint density at radius 3 is 2.44 bits per heavy atom. The van der Waals surface area contributed by atoms with Crippen molar-refractivity contribution in [2.75, 3.05) is 18.2 Å². The lowest BCUT2D eigenvalue weighted by molar-refractivity contribution is -0.113. The number of nitrogens with one attached hydrogen (secondary N) is 1. The monoisotopic (exact) mass is 533 g/mol. The Morgan fingerprint density at radius 1 is 1.00 bits per heavy atom. The predicted octanol–water partition coefficient (Wildman–Crippen LogP) is 6.45. The van der Waals surface area contributed by atoms with Crippen LogP contribution in [0.2, 0.25) is 5.02 Å². The van der Waals surface area contributed by atoms with Gasteiger partial charge in [0, 0.05) is 27.2 Å². The largest absolute Gasteiger partial charge is 0.497 e. The van der Waals surface area contributed by atoms with E-state index >= 15 is 0 Å². The van der Waals surface area contributed by atoms with Crippen LogP contribution < -0.4 is 10.1 Å². The number of amides is 1. The van der Waals surface area contributed by atoms with Crippen LogP contribution >= 0.6 is 34.7 Å². The van der Waals surface area contributed by atoms with Crippen LogP contribution in [0.3, 0.4) is 0 Å². The molecule has 0 bridgehead atoms. The molecule has 2 heterocycles. The molecule has 0 spiro atoms. The lowest BCUT2D eigenvalue weighted by Crippen LogP contribution is -2.14. The first kappa shape index (κ1) is 24.1. The molecule has 5 rings (SSSR count). The second-order valence-corrected chi connectivity index (χ2v) is 9.82. The van der Waals surface area contributed by atoms with Gasteiger partial charge in [-0.05, 0) is 60.7 Å². The zero-order valence-electron chi connectivity index (χ0n) is 19.1. The molecule has 0 aliphatic rings. The highest BCUT2D eigenvalue weighted by molar-refractivity contribution is 7.99. The maximum atomic E-state index is 12.7. The van der Waals surface area contributed by atoms with Crippen LogP contribution in [0.25, 0.3) is 28.3 Å². The molecule has 0 aliphatic heterocycles. The summed E-state index contributed by atoms with van der Waals surface area (Å²) in [5.74, 6) is 1.43. The van der Waals surface area contributed by atoms with Crippen LogP contribution in [-0.2, 0) is 4.79 Å². The van der Waals surface area contributed by atoms with Crippen molar-refractivity contribution in [1.29, 1.82) is 0 Å². The molecule has 0 saturated carbocycles. The van der Waals surface area contributed by atoms with E-state index < -0.39 is 0 Å². The highest BCUT2D eigenvalue weighted by atomic mass is 35.5. The number of hydrogen-bond donors (Lipinski definition) is 1. The summed E-state index contributed by atoms with van der Waals surface area (Å²) in [7, 11) is 1.63. The minimum atomic E-state index is -0.175. The number of hydrogen-bond acceptors (Lipinski definition) is 7. The molecule has 7 nitrogen and oxygen atoms in total. The molecule has 0 fully saturated rings. The molecule has 3 aromatic carbocycles. The number of methoxy groups -OCH3 is 1. The van der Waals surface area contributed by atoms with E-state index in [-0.39, 0.29) is 11.7 Å². The van der Waals surface area contributed by atoms with E-state index in [2.05, 4.69) is 20.5 Å². The van der Waals surface area contributed by atoms with E-state index in [1.165, 1.54) is 23.1 Å². The van der Waals surface area contributed by atoms with E-state index in [1.54, 1.807) is 7.11 Å². The van der Waals surface area contributed by atoms with Crippen LogP contribution in [0, 0.1) is 0 Å². The molecule has 0 radical (unpaired) electrons. The lowest BCUT2D eigenvalue weighted by atomic mass is 10.2. The van der Waals surface area contributed by atoms with Gasteiger partial charge in [0.2, 0.25) is 5.91 Å². The number of aromatic nitrogens is 4. The highest BCUT2D eigenvalue weighted by Crippen LogP contribution is 2.30. The van der Waals surface area contributed by atoms with E-state index in [4.69, 9.17) is 16.3 Å². The molecule has 0 atom stereocenters. The van der Waals surface area contributed by atoms with Gasteiger partial charge in [-0.25, -0.2) is 4.98 Å². The van der Waals surface area contributed by atoms with Gasteiger partial charge in [-0.2, -0.15) is 0 Å². The Kier molecular flexibility index (Phi) is 7.31. The second-order valence-electron chi connectivity index (χ2n) is 7.59. The third-order valence-corrected chi connectivity index (χ3v) is 7.16. The number of carbonyl (C=O) groups excluding carboxylic acids is 1. The van der Waals surface area contributed by atoms with Gasteiger partial charge in [-0.15, -0.1) is 21.5 Å². The summed E-state index contributed by atoms with van der Waals surface area (Å²) in [5.41, 5.74) is 3.52. The molecule has 2 aromatic heterocycles. The van der Waals surface area contributed by atoms with Gasteiger partial charge in [-0.3, -0.25) is 9.36 Å². The van der Waals surface area contributed by atoms with Crippen molar-refractivity contribution >= 4 is 45.7 Å². The minimum Gasteiger partial charge on any atom is -0.497 e. The SMILES string of the molecule is COc1ccc(-c2csc(NC(=O)CSc3nnc(-c4ccc(Cl)cc4)n3-c3ccccc3)n2)cc1. The molecule has 10 heteroatoms. The fraction of sp³-hybridized carbons (Fsp3) is 0.0769. The fourth-order valence-electron chi connectivity index (χ4n) is 3.47. The van der Waals surface area contributed by atoms with Gasteiger partial charge in [0.25, 0.3) is 0 Å². The van der Waals surface area contributed by atoms with E-state index in [9.17, 15) is 4.79 Å². The summed E-state index contributed by atoms with van der Waals surface area (Å²) in [6.07, 6.45) is 0. The minimum absolute atomic E-state index is 0.156. The number of carbonyl (C=O) groups is 1. The fourth-order valence-corrected chi connectivity index (χ4v) is 5.08. The van der Waals surface area contributed by atoms with Crippen molar-refractivity contribution in [3.63, 3.8) is 0 Å². The molecule has 1 N–H and O–H groups in total. The third kappa shape index (κ3) is 5.43. The van der Waals surface area contributed by atoms with Crippen molar-refractivity contribution in [1.82, 2.24) is 19.7 Å². The normalized spacial score (nSPS) is 10.8. The molecule has 0 saturated heterocycles. The number of nitrogens with zero attached hydrogens (tertiary/aromatic N) is 4. The van der Waals surface area contributed by atoms with Gasteiger partial charge >= 0.3 is 0 Å². The molecule has 36 heavy (non-hydrogen) atoms. The summed E-state index contributed by atoms with van der Waals surface area (Å²) in [4.78, 5) is 17.3. The van der Waals surface area contributed by atoms with Crippen molar-refractivity contribution in [3.05, 3.63) is 89.3 Å². The Bertz CT molecular complexity index is 1470. The summed E-state index contributed by atoms with van der Waals surface area (Å²) in [6, 6.07) is 24.9. The van der Waals surface area contributed by atoms with Crippen molar-refractivity contribution in [2.45, 2.75) is 5.16 Å². The maximum absolute atomic E-state index is 12.7. The first-order chi connectivity index (χ1) is 17.6. The zero-order valence-corrected chi connectivity index (χ0v) is 21.5. The lowest BCUT2D eigenvalue weighted by Gasteiger charge is -2.10. The van der Waals surface area contributed by atoms with E-state index in [0.29, 0.717) is 21.1 Å². The van der Waals surface area contributed by atoms with Crippen LogP contribution in [0.4, 0.5) is 5.13 Å². The van der Waals surface area contributed by atoms with Gasteiger partial charge < -0.3 is 10.1 Å². The Hall–Kier alpha value is -3.66. The molecular weight excluding hydrogens is 514 g/mol. The smallest absolute Gasteiger partial charge is 0.236 e. The molecule has 1 amide bonds. The Labute approximate surface area is 221 Å². The maximum Gasteiger partial charge on any atom is 0.236 e. The average molecular weight is 534 g/mol. The number of ether oxygens (including phenoxy) is 1. The average Bonchev–Trinajstić information content (AvgIpc) is 3.56.